The largest absolute Gasteiger partial charge is 0.529 e. The van der Waals surface area contributed by atoms with Crippen LogP contribution >= 0.6 is 11.6 Å². The van der Waals surface area contributed by atoms with Crippen LogP contribution in [0, 0.1) is 0 Å². The van der Waals surface area contributed by atoms with Crippen molar-refractivity contribution in [3.05, 3.63) is 47.5 Å². The fraction of sp³-hybridized carbons (Fsp3) is 0.133. The molecule has 7 nitrogen and oxygen atoms in total. The van der Waals surface area contributed by atoms with E-state index in [2.05, 4.69) is 0 Å². The fourth-order valence-corrected chi connectivity index (χ4v) is 3.49. The van der Waals surface area contributed by atoms with E-state index in [0.717, 1.165) is 0 Å². The average Bonchev–Trinajstić information content (AvgIpc) is 2.55. The number of carbonyl (C=O) groups is 1. The van der Waals surface area contributed by atoms with Crippen LogP contribution in [-0.2, 0) is 10.0 Å². The van der Waals surface area contributed by atoms with E-state index in [9.17, 15) is 18.3 Å². The van der Waals surface area contributed by atoms with E-state index in [1.165, 1.54) is 56.7 Å². The van der Waals surface area contributed by atoms with E-state index in [1.54, 1.807) is 0 Å². The summed E-state index contributed by atoms with van der Waals surface area (Å²) < 4.78 is 35.8. The van der Waals surface area contributed by atoms with Crippen molar-refractivity contribution in [3.63, 3.8) is 0 Å². The number of para-hydroxylation sites is 1. The van der Waals surface area contributed by atoms with E-state index in [4.69, 9.17) is 21.1 Å². The zero-order valence-electron chi connectivity index (χ0n) is 12.7. The average molecular weight is 371 g/mol. The van der Waals surface area contributed by atoms with Crippen molar-refractivity contribution in [2.45, 2.75) is 4.90 Å². The number of methoxy groups -OCH3 is 2. The van der Waals surface area contributed by atoms with Gasteiger partial charge in [-0.3, -0.25) is 0 Å². The molecule has 128 valence electrons. The van der Waals surface area contributed by atoms with Crippen molar-refractivity contribution in [2.24, 2.45) is 0 Å². The van der Waals surface area contributed by atoms with E-state index in [1.807, 2.05) is 0 Å². The summed E-state index contributed by atoms with van der Waals surface area (Å²) in [5.74, 6) is -0.00724. The molecule has 24 heavy (non-hydrogen) atoms. The number of hydrogen-bond donors (Lipinski definition) is 0. The second-order valence-electron chi connectivity index (χ2n) is 4.50. The second-order valence-corrected chi connectivity index (χ2v) is 6.72. The number of amides is 1. The molecule has 0 aliphatic carbocycles. The number of anilines is 1. The highest BCUT2D eigenvalue weighted by Gasteiger charge is 2.31. The predicted molar refractivity (Wildman–Crippen MR) is 86.1 cm³/mol. The first-order chi connectivity index (χ1) is 11.3. The maximum atomic E-state index is 12.8. The molecule has 2 rings (SSSR count). The van der Waals surface area contributed by atoms with Gasteiger partial charge in [-0.05, 0) is 36.4 Å². The third-order valence-corrected chi connectivity index (χ3v) is 5.05. The van der Waals surface area contributed by atoms with Gasteiger partial charge in [-0.1, -0.05) is 17.7 Å². The van der Waals surface area contributed by atoms with Crippen LogP contribution in [0.25, 0.3) is 0 Å². The van der Waals surface area contributed by atoms with Gasteiger partial charge < -0.3 is 19.4 Å². The standard InChI is InChI=1S/C15H14ClNO6S/c1-22-12-4-3-5-13(23-2)14(12)17(15(18)19)24(20,21)11-8-6-10(16)7-9-11/h3-9H,1-2H3,(H,18,19)/p-1. The summed E-state index contributed by atoms with van der Waals surface area (Å²) in [7, 11) is -1.93. The Hall–Kier alpha value is -2.45. The van der Waals surface area contributed by atoms with Gasteiger partial charge in [0.1, 0.15) is 17.2 Å². The van der Waals surface area contributed by atoms with Crippen molar-refractivity contribution in [3.8, 4) is 11.5 Å². The van der Waals surface area contributed by atoms with Crippen molar-refractivity contribution < 1.29 is 27.8 Å². The summed E-state index contributed by atoms with van der Waals surface area (Å²) in [5.41, 5.74) is -0.294. The van der Waals surface area contributed by atoms with E-state index < -0.39 is 16.1 Å². The molecule has 9 heteroatoms. The zero-order chi connectivity index (χ0) is 17.9. The first kappa shape index (κ1) is 17.9. The highest BCUT2D eigenvalue weighted by molar-refractivity contribution is 7.93. The van der Waals surface area contributed by atoms with Gasteiger partial charge in [0.05, 0.1) is 19.1 Å². The Morgan fingerprint density at radius 2 is 1.54 bits per heavy atom. The monoisotopic (exact) mass is 370 g/mol. The third kappa shape index (κ3) is 3.24. The molecular weight excluding hydrogens is 358 g/mol. The van der Waals surface area contributed by atoms with Crippen LogP contribution in [0.15, 0.2) is 47.4 Å². The van der Waals surface area contributed by atoms with E-state index in [-0.39, 0.29) is 26.4 Å². The first-order valence-corrected chi connectivity index (χ1v) is 8.37. The molecule has 1 amide bonds. The SMILES string of the molecule is COc1cccc(OC)c1N(C(=O)[O-])S(=O)(=O)c1ccc(Cl)cc1. The third-order valence-electron chi connectivity index (χ3n) is 3.12. The van der Waals surface area contributed by atoms with Crippen LogP contribution < -0.4 is 18.9 Å². The van der Waals surface area contributed by atoms with E-state index in [0.29, 0.717) is 5.02 Å². The molecule has 0 saturated heterocycles. The van der Waals surface area contributed by atoms with Gasteiger partial charge >= 0.3 is 0 Å². The van der Waals surface area contributed by atoms with Crippen LogP contribution in [-0.4, -0.2) is 28.7 Å². The molecule has 0 bridgehead atoms. The topological polar surface area (TPSA) is 96.0 Å². The lowest BCUT2D eigenvalue weighted by Gasteiger charge is -2.27. The molecule has 0 aliphatic heterocycles. The highest BCUT2D eigenvalue weighted by atomic mass is 35.5. The van der Waals surface area contributed by atoms with Crippen LogP contribution in [0.4, 0.5) is 10.5 Å². The number of carboxylic acid groups (broad SMARTS) is 1. The fourth-order valence-electron chi connectivity index (χ4n) is 2.05. The van der Waals surface area contributed by atoms with Crippen molar-refractivity contribution in [1.82, 2.24) is 0 Å². The Kier molecular flexibility index (Phi) is 5.20. The molecular formula is C15H13ClNO6S-. The normalized spacial score (nSPS) is 11.0. The maximum absolute atomic E-state index is 12.8. The molecule has 0 N–H and O–H groups in total. The number of carbonyl (C=O) groups excluding carboxylic acids is 1. The molecule has 0 heterocycles. The summed E-state index contributed by atoms with van der Waals surface area (Å²) in [5, 5.41) is 11.9. The Bertz CT molecular complexity index is 829. The highest BCUT2D eigenvalue weighted by Crippen LogP contribution is 2.40. The summed E-state index contributed by atoms with van der Waals surface area (Å²) in [6.45, 7) is 0. The van der Waals surface area contributed by atoms with Gasteiger partial charge in [-0.15, -0.1) is 0 Å². The van der Waals surface area contributed by atoms with Gasteiger partial charge in [0.2, 0.25) is 0 Å². The molecule has 0 unspecified atom stereocenters. The van der Waals surface area contributed by atoms with Gasteiger partial charge in [0, 0.05) is 5.02 Å². The van der Waals surface area contributed by atoms with Crippen LogP contribution in [0.5, 0.6) is 11.5 Å². The molecule has 0 radical (unpaired) electrons. The molecule has 2 aromatic carbocycles. The number of rotatable bonds is 5. The number of ether oxygens (including phenoxy) is 2. The summed E-state index contributed by atoms with van der Waals surface area (Å²) in [6.07, 6.45) is -1.95. The van der Waals surface area contributed by atoms with Crippen LogP contribution in [0.2, 0.25) is 5.02 Å². The summed E-state index contributed by atoms with van der Waals surface area (Å²) >= 11 is 5.74. The van der Waals surface area contributed by atoms with Gasteiger partial charge in [0.15, 0.2) is 6.09 Å². The molecule has 0 spiro atoms. The molecule has 0 aromatic heterocycles. The van der Waals surface area contributed by atoms with E-state index >= 15 is 0 Å². The number of halogens is 1. The summed E-state index contributed by atoms with van der Waals surface area (Å²) in [6, 6.07) is 9.40. The molecule has 0 atom stereocenters. The molecule has 0 aliphatic rings. The lowest BCUT2D eigenvalue weighted by atomic mass is 10.2. The zero-order valence-corrected chi connectivity index (χ0v) is 14.3. The van der Waals surface area contributed by atoms with Crippen molar-refractivity contribution in [1.29, 1.82) is 0 Å². The second kappa shape index (κ2) is 6.98. The van der Waals surface area contributed by atoms with Crippen LogP contribution in [0.1, 0.15) is 0 Å². The Balaban J connectivity index is 2.71. The lowest BCUT2D eigenvalue weighted by molar-refractivity contribution is -0.244. The molecule has 0 fully saturated rings. The van der Waals surface area contributed by atoms with Crippen molar-refractivity contribution in [2.75, 3.05) is 18.5 Å². The first-order valence-electron chi connectivity index (χ1n) is 6.55. The van der Waals surface area contributed by atoms with Gasteiger partial charge in [-0.25, -0.2) is 12.7 Å². The minimum Gasteiger partial charge on any atom is -0.529 e. The summed E-state index contributed by atoms with van der Waals surface area (Å²) in [4.78, 5) is 11.3. The molecule has 2 aromatic rings. The number of benzene rings is 2. The Labute approximate surface area is 144 Å². The maximum Gasteiger partial charge on any atom is 0.269 e. The van der Waals surface area contributed by atoms with Crippen molar-refractivity contribution >= 4 is 33.4 Å². The smallest absolute Gasteiger partial charge is 0.269 e. The quantitative estimate of drug-likeness (QED) is 0.797. The minimum absolute atomic E-state index is 0.00362. The Morgan fingerprint density at radius 1 is 1.04 bits per heavy atom. The number of hydrogen-bond acceptors (Lipinski definition) is 6. The molecule has 0 saturated carbocycles. The minimum atomic E-state index is -4.48. The number of nitrogens with zero attached hydrogens (tertiary/aromatic N) is 1. The van der Waals surface area contributed by atoms with Gasteiger partial charge in [0.25, 0.3) is 10.0 Å². The predicted octanol–water partition coefficient (Wildman–Crippen LogP) is 1.90. The lowest BCUT2D eigenvalue weighted by Crippen LogP contribution is -2.45. The van der Waals surface area contributed by atoms with Gasteiger partial charge in [-0.2, -0.15) is 0 Å². The number of sulfonamides is 1. The Morgan fingerprint density at radius 3 is 1.96 bits per heavy atom. The van der Waals surface area contributed by atoms with Crippen LogP contribution in [0.3, 0.4) is 0 Å².